The summed E-state index contributed by atoms with van der Waals surface area (Å²) >= 11 is 6.62. The molecule has 2 aromatic rings. The topological polar surface area (TPSA) is 125 Å². The summed E-state index contributed by atoms with van der Waals surface area (Å²) in [4.78, 5) is 58.5. The van der Waals surface area contributed by atoms with Crippen molar-refractivity contribution in [3.8, 4) is 0 Å². The van der Waals surface area contributed by atoms with Crippen molar-refractivity contribution in [1.82, 2.24) is 10.2 Å². The van der Waals surface area contributed by atoms with Gasteiger partial charge in [0.05, 0.1) is 34.7 Å². The molecule has 0 unspecified atom stereocenters. The Morgan fingerprint density at radius 1 is 1.19 bits per heavy atom. The fraction of sp³-hybridized carbons (Fsp3) is 0.444. The molecule has 3 fully saturated rings. The molecule has 3 aliphatic rings. The van der Waals surface area contributed by atoms with Gasteiger partial charge in [0.2, 0.25) is 11.8 Å². The molecular weight excluding hydrogens is 622 g/mol. The van der Waals surface area contributed by atoms with Crippen molar-refractivity contribution in [2.45, 2.75) is 62.8 Å². The number of esters is 1. The minimum Gasteiger partial charge on any atom is -0.463 e. The molecule has 10 nitrogen and oxygen atoms in total. The molecule has 3 saturated heterocycles. The molecule has 47 heavy (non-hydrogen) atoms. The Balaban J connectivity index is 1.46. The van der Waals surface area contributed by atoms with E-state index in [2.05, 4.69) is 18.5 Å². The highest BCUT2D eigenvalue weighted by atomic mass is 35.5. The summed E-state index contributed by atoms with van der Waals surface area (Å²) in [6.07, 6.45) is 4.44. The van der Waals surface area contributed by atoms with Gasteiger partial charge in [-0.3, -0.25) is 19.2 Å². The number of ether oxygens (including phenoxy) is 2. The minimum absolute atomic E-state index is 0.0921. The molecule has 0 aliphatic carbocycles. The Hall–Kier alpha value is -3.99. The summed E-state index contributed by atoms with van der Waals surface area (Å²) in [7, 11) is 0. The van der Waals surface area contributed by atoms with E-state index in [4.69, 9.17) is 21.1 Å². The van der Waals surface area contributed by atoms with Crippen LogP contribution in [0.5, 0.6) is 0 Å². The number of carbonyl (C=O) groups excluding carboxylic acids is 4. The van der Waals surface area contributed by atoms with Crippen LogP contribution in [0.2, 0.25) is 5.02 Å². The number of aliphatic hydroxyl groups excluding tert-OH is 1. The first kappa shape index (κ1) is 34.3. The fourth-order valence-corrected chi connectivity index (χ4v) is 7.71. The third-order valence-electron chi connectivity index (χ3n) is 9.41. The predicted octanol–water partition coefficient (Wildman–Crippen LogP) is 4.29. The van der Waals surface area contributed by atoms with Crippen molar-refractivity contribution in [2.24, 2.45) is 11.8 Å². The normalized spacial score (nSPS) is 24.8. The van der Waals surface area contributed by atoms with Gasteiger partial charge in [0.15, 0.2) is 0 Å². The number of aliphatic hydroxyl groups is 1. The van der Waals surface area contributed by atoms with Gasteiger partial charge in [-0.05, 0) is 49.8 Å². The van der Waals surface area contributed by atoms with E-state index in [0.717, 1.165) is 11.1 Å². The number of nitrogens with one attached hydrogen (secondary N) is 1. The average Bonchev–Trinajstić information content (AvgIpc) is 3.71. The lowest BCUT2D eigenvalue weighted by Crippen LogP contribution is -2.57. The maximum Gasteiger partial charge on any atom is 0.306 e. The zero-order valence-corrected chi connectivity index (χ0v) is 27.4. The van der Waals surface area contributed by atoms with E-state index in [9.17, 15) is 24.3 Å². The van der Waals surface area contributed by atoms with Crippen LogP contribution in [0.25, 0.3) is 0 Å². The number of likely N-dealkylation sites (tertiary alicyclic amines) is 1. The molecule has 0 aromatic heterocycles. The summed E-state index contributed by atoms with van der Waals surface area (Å²) in [5, 5.41) is 13.1. The van der Waals surface area contributed by atoms with Crippen LogP contribution in [0.3, 0.4) is 0 Å². The Morgan fingerprint density at radius 3 is 2.64 bits per heavy atom. The second-order valence-corrected chi connectivity index (χ2v) is 12.7. The SMILES string of the molecule is C=CCCC(=O)OC[C@@H](NC(=O)[C@@H]1[C@H]2C(=O)N(CCCO)[C@H](C(=O)N(CC=C)c3c(C)cccc3Cl)[C@]23CC[C@H]1O3)c1ccccc1. The second kappa shape index (κ2) is 14.8. The molecule has 2 N–H and O–H groups in total. The van der Waals surface area contributed by atoms with Crippen LogP contribution >= 0.6 is 11.6 Å². The molecule has 11 heteroatoms. The summed E-state index contributed by atoms with van der Waals surface area (Å²) in [5.41, 5.74) is 0.786. The monoisotopic (exact) mass is 663 g/mol. The molecule has 3 amide bonds. The molecular formula is C36H42ClN3O7. The van der Waals surface area contributed by atoms with E-state index in [-0.39, 0.29) is 51.0 Å². The predicted molar refractivity (Wildman–Crippen MR) is 177 cm³/mol. The van der Waals surface area contributed by atoms with Gasteiger partial charge < -0.3 is 29.7 Å². The lowest BCUT2D eigenvalue weighted by molar-refractivity contribution is -0.146. The number of carbonyl (C=O) groups is 4. The van der Waals surface area contributed by atoms with Crippen LogP contribution in [0.1, 0.15) is 49.3 Å². The van der Waals surface area contributed by atoms with Gasteiger partial charge in [-0.2, -0.15) is 0 Å². The van der Waals surface area contributed by atoms with Crippen LogP contribution in [0, 0.1) is 18.8 Å². The summed E-state index contributed by atoms with van der Waals surface area (Å²) in [5.74, 6) is -3.36. The molecule has 250 valence electrons. The first-order valence-electron chi connectivity index (χ1n) is 16.1. The number of amides is 3. The largest absolute Gasteiger partial charge is 0.463 e. The Morgan fingerprint density at radius 2 is 1.96 bits per heavy atom. The van der Waals surface area contributed by atoms with Crippen molar-refractivity contribution in [1.29, 1.82) is 0 Å². The van der Waals surface area contributed by atoms with Crippen LogP contribution < -0.4 is 10.2 Å². The molecule has 5 rings (SSSR count). The number of fused-ring (bicyclic) bond motifs is 1. The van der Waals surface area contributed by atoms with Gasteiger partial charge in [-0.15, -0.1) is 13.2 Å². The van der Waals surface area contributed by atoms with E-state index in [1.54, 1.807) is 24.3 Å². The van der Waals surface area contributed by atoms with Gasteiger partial charge in [-0.25, -0.2) is 0 Å². The number of nitrogens with zero attached hydrogens (tertiary/aromatic N) is 2. The fourth-order valence-electron chi connectivity index (χ4n) is 7.39. The van der Waals surface area contributed by atoms with Crippen molar-refractivity contribution >= 4 is 41.0 Å². The Bertz CT molecular complexity index is 1500. The number of halogens is 1. The molecule has 0 saturated carbocycles. The van der Waals surface area contributed by atoms with Crippen LogP contribution in [-0.2, 0) is 28.7 Å². The van der Waals surface area contributed by atoms with Crippen molar-refractivity contribution in [3.63, 3.8) is 0 Å². The molecule has 0 radical (unpaired) electrons. The maximum atomic E-state index is 14.7. The zero-order valence-electron chi connectivity index (χ0n) is 26.6. The van der Waals surface area contributed by atoms with Crippen molar-refractivity contribution in [2.75, 3.05) is 31.2 Å². The maximum absolute atomic E-state index is 14.7. The number of aryl methyl sites for hydroxylation is 1. The van der Waals surface area contributed by atoms with Gasteiger partial charge in [0.25, 0.3) is 5.91 Å². The molecule has 2 bridgehead atoms. The Labute approximate surface area is 280 Å². The molecule has 3 aliphatic heterocycles. The quantitative estimate of drug-likeness (QED) is 0.215. The molecule has 1 spiro atoms. The average molecular weight is 664 g/mol. The first-order valence-corrected chi connectivity index (χ1v) is 16.4. The highest BCUT2D eigenvalue weighted by Gasteiger charge is 2.74. The van der Waals surface area contributed by atoms with Crippen molar-refractivity contribution in [3.05, 3.63) is 90.0 Å². The Kier molecular flexibility index (Phi) is 10.8. The van der Waals surface area contributed by atoms with Gasteiger partial charge >= 0.3 is 5.97 Å². The third-order valence-corrected chi connectivity index (χ3v) is 9.72. The zero-order chi connectivity index (χ0) is 33.7. The van der Waals surface area contributed by atoms with E-state index < -0.39 is 47.5 Å². The van der Waals surface area contributed by atoms with E-state index in [1.807, 2.05) is 43.3 Å². The van der Waals surface area contributed by atoms with Crippen LogP contribution in [0.15, 0.2) is 73.8 Å². The molecule has 2 aromatic carbocycles. The minimum atomic E-state index is -1.25. The number of benzene rings is 2. The van der Waals surface area contributed by atoms with E-state index in [0.29, 0.717) is 30.0 Å². The van der Waals surface area contributed by atoms with Gasteiger partial charge in [0, 0.05) is 26.1 Å². The highest BCUT2D eigenvalue weighted by Crippen LogP contribution is 2.59. The number of rotatable bonds is 15. The second-order valence-electron chi connectivity index (χ2n) is 12.3. The lowest BCUT2D eigenvalue weighted by atomic mass is 9.70. The van der Waals surface area contributed by atoms with Crippen LogP contribution in [0.4, 0.5) is 5.69 Å². The van der Waals surface area contributed by atoms with E-state index >= 15 is 0 Å². The number of anilines is 1. The highest BCUT2D eigenvalue weighted by molar-refractivity contribution is 6.34. The summed E-state index contributed by atoms with van der Waals surface area (Å²) < 4.78 is 12.1. The van der Waals surface area contributed by atoms with Crippen LogP contribution in [-0.4, -0.2) is 77.7 Å². The van der Waals surface area contributed by atoms with Crippen molar-refractivity contribution < 1.29 is 33.8 Å². The number of hydrogen-bond acceptors (Lipinski definition) is 7. The molecule has 6 atom stereocenters. The summed E-state index contributed by atoms with van der Waals surface area (Å²) in [6, 6.07) is 12.8. The lowest BCUT2D eigenvalue weighted by Gasteiger charge is -2.37. The number of hydrogen-bond donors (Lipinski definition) is 2. The van der Waals surface area contributed by atoms with Gasteiger partial charge in [0.1, 0.15) is 18.2 Å². The van der Waals surface area contributed by atoms with E-state index in [1.165, 1.54) is 9.80 Å². The standard InChI is InChI=1S/C36H42ClN3O7/c1-4-6-16-28(42)46-22-26(24-13-8-7-9-14-24)38-33(43)29-27-17-18-36(47-27)30(29)34(44)40(20-11-21-41)32(36)35(45)39(19-5-2)31-23(3)12-10-15-25(31)37/h4-5,7-10,12-15,26-27,29-30,32,41H,1-2,6,11,16-22H2,3H3,(H,38,43)/t26-,27-,29+,30+,32-,36+/m1/s1. The third kappa shape index (κ3) is 6.59. The smallest absolute Gasteiger partial charge is 0.306 e. The summed E-state index contributed by atoms with van der Waals surface area (Å²) in [6.45, 7) is 9.32. The van der Waals surface area contributed by atoms with Gasteiger partial charge in [-0.1, -0.05) is 66.2 Å². The number of allylic oxidation sites excluding steroid dienone is 1. The number of para-hydroxylation sites is 1. The first-order chi connectivity index (χ1) is 22.7. The molecule has 3 heterocycles.